The summed E-state index contributed by atoms with van der Waals surface area (Å²) in [7, 11) is 0. The number of esters is 1. The molecule has 1 fully saturated rings. The average Bonchev–Trinajstić information content (AvgIpc) is 2.66. The summed E-state index contributed by atoms with van der Waals surface area (Å²) in [4.78, 5) is 28.8. The first kappa shape index (κ1) is 18.5. The van der Waals surface area contributed by atoms with E-state index in [1.165, 1.54) is 31.4 Å². The van der Waals surface area contributed by atoms with Crippen LogP contribution >= 0.6 is 0 Å². The SMILES string of the molecule is CCC1=NC(=O)NC(c2ccc(F)cc2)C1C(=O)OCC1CCCCC1. The van der Waals surface area contributed by atoms with E-state index in [0.717, 1.165) is 12.8 Å². The zero-order valence-corrected chi connectivity index (χ0v) is 15.0. The van der Waals surface area contributed by atoms with Crippen molar-refractivity contribution in [1.29, 1.82) is 0 Å². The molecule has 1 aromatic rings. The van der Waals surface area contributed by atoms with Gasteiger partial charge in [0.05, 0.1) is 12.6 Å². The van der Waals surface area contributed by atoms with Gasteiger partial charge >= 0.3 is 12.0 Å². The van der Waals surface area contributed by atoms with Crippen LogP contribution in [0.2, 0.25) is 0 Å². The van der Waals surface area contributed by atoms with Crippen LogP contribution in [-0.2, 0) is 9.53 Å². The molecule has 2 aliphatic rings. The molecule has 140 valence electrons. The Morgan fingerprint density at radius 3 is 2.58 bits per heavy atom. The monoisotopic (exact) mass is 360 g/mol. The largest absolute Gasteiger partial charge is 0.465 e. The van der Waals surface area contributed by atoms with E-state index in [1.54, 1.807) is 12.1 Å². The molecule has 5 nitrogen and oxygen atoms in total. The molecule has 2 unspecified atom stereocenters. The molecule has 0 radical (unpaired) electrons. The van der Waals surface area contributed by atoms with Gasteiger partial charge in [-0.05, 0) is 42.9 Å². The topological polar surface area (TPSA) is 67.8 Å². The third-order valence-electron chi connectivity index (χ3n) is 5.25. The van der Waals surface area contributed by atoms with E-state index in [4.69, 9.17) is 4.74 Å². The Bertz CT molecular complexity index is 681. The van der Waals surface area contributed by atoms with Gasteiger partial charge in [-0.15, -0.1) is 0 Å². The molecule has 0 aromatic heterocycles. The lowest BCUT2D eigenvalue weighted by Crippen LogP contribution is -2.45. The first-order valence-corrected chi connectivity index (χ1v) is 9.38. The van der Waals surface area contributed by atoms with Gasteiger partial charge in [-0.1, -0.05) is 38.3 Å². The summed E-state index contributed by atoms with van der Waals surface area (Å²) in [6.45, 7) is 2.27. The van der Waals surface area contributed by atoms with Gasteiger partial charge in [-0.25, -0.2) is 14.2 Å². The Hall–Kier alpha value is -2.24. The number of benzene rings is 1. The molecule has 2 amide bonds. The Kier molecular flexibility index (Phi) is 6.01. The highest BCUT2D eigenvalue weighted by atomic mass is 19.1. The molecule has 1 aliphatic carbocycles. The molecule has 0 bridgehead atoms. The summed E-state index contributed by atoms with van der Waals surface area (Å²) in [5, 5.41) is 2.74. The number of carbonyl (C=O) groups is 2. The minimum absolute atomic E-state index is 0.364. The molecule has 3 rings (SSSR count). The van der Waals surface area contributed by atoms with Crippen molar-refractivity contribution in [3.05, 3.63) is 35.6 Å². The van der Waals surface area contributed by atoms with E-state index < -0.39 is 18.0 Å². The maximum absolute atomic E-state index is 13.3. The van der Waals surface area contributed by atoms with E-state index in [1.807, 2.05) is 6.92 Å². The first-order valence-electron chi connectivity index (χ1n) is 9.38. The molecule has 1 aromatic carbocycles. The van der Waals surface area contributed by atoms with Gasteiger partial charge in [0, 0.05) is 5.71 Å². The fraction of sp³-hybridized carbons (Fsp3) is 0.550. The minimum atomic E-state index is -0.674. The van der Waals surface area contributed by atoms with Crippen molar-refractivity contribution in [1.82, 2.24) is 5.32 Å². The van der Waals surface area contributed by atoms with Crippen molar-refractivity contribution >= 4 is 17.7 Å². The van der Waals surface area contributed by atoms with Crippen LogP contribution in [0, 0.1) is 17.7 Å². The molecule has 0 saturated heterocycles. The fourth-order valence-electron chi connectivity index (χ4n) is 3.80. The Morgan fingerprint density at radius 2 is 1.92 bits per heavy atom. The number of hydrogen-bond donors (Lipinski definition) is 1. The second-order valence-electron chi connectivity index (χ2n) is 7.05. The number of urea groups is 1. The van der Waals surface area contributed by atoms with Gasteiger partial charge in [0.1, 0.15) is 11.7 Å². The number of ether oxygens (including phenoxy) is 1. The molecule has 1 N–H and O–H groups in total. The second-order valence-corrected chi connectivity index (χ2v) is 7.05. The number of amides is 2. The van der Waals surface area contributed by atoms with Crippen LogP contribution < -0.4 is 5.32 Å². The molecule has 1 aliphatic heterocycles. The van der Waals surface area contributed by atoms with E-state index in [2.05, 4.69) is 10.3 Å². The first-order chi connectivity index (χ1) is 12.6. The van der Waals surface area contributed by atoms with Crippen molar-refractivity contribution in [2.24, 2.45) is 16.8 Å². The van der Waals surface area contributed by atoms with E-state index in [0.29, 0.717) is 30.2 Å². The summed E-state index contributed by atoms with van der Waals surface area (Å²) in [5.74, 6) is -0.994. The smallest absolute Gasteiger partial charge is 0.341 e. The number of halogens is 1. The summed E-state index contributed by atoms with van der Waals surface area (Å²) in [5.41, 5.74) is 1.18. The third kappa shape index (κ3) is 4.29. The predicted molar refractivity (Wildman–Crippen MR) is 96.4 cm³/mol. The fourth-order valence-corrected chi connectivity index (χ4v) is 3.80. The third-order valence-corrected chi connectivity index (χ3v) is 5.25. The molecule has 6 heteroatoms. The maximum atomic E-state index is 13.3. The number of nitrogens with zero attached hydrogens (tertiary/aromatic N) is 1. The summed E-state index contributed by atoms with van der Waals surface area (Å²) in [6, 6.07) is 4.74. The molecule has 0 spiro atoms. The van der Waals surface area contributed by atoms with Crippen LogP contribution in [0.25, 0.3) is 0 Å². The minimum Gasteiger partial charge on any atom is -0.465 e. The summed E-state index contributed by atoms with van der Waals surface area (Å²) < 4.78 is 18.9. The van der Waals surface area contributed by atoms with E-state index >= 15 is 0 Å². The molecule has 1 saturated carbocycles. The zero-order chi connectivity index (χ0) is 18.5. The van der Waals surface area contributed by atoms with E-state index in [-0.39, 0.29) is 11.8 Å². The Labute approximate surface area is 153 Å². The van der Waals surface area contributed by atoms with Crippen LogP contribution in [0.4, 0.5) is 9.18 Å². The molecular formula is C20H25FN2O3. The van der Waals surface area contributed by atoms with Crippen molar-refractivity contribution in [3.8, 4) is 0 Å². The Morgan fingerprint density at radius 1 is 1.23 bits per heavy atom. The lowest BCUT2D eigenvalue weighted by Gasteiger charge is -2.31. The Balaban J connectivity index is 1.78. The van der Waals surface area contributed by atoms with Crippen molar-refractivity contribution in [3.63, 3.8) is 0 Å². The van der Waals surface area contributed by atoms with Gasteiger partial charge < -0.3 is 10.1 Å². The van der Waals surface area contributed by atoms with Crippen molar-refractivity contribution < 1.29 is 18.7 Å². The number of rotatable bonds is 5. The number of aliphatic imine (C=N–C) groups is 1. The van der Waals surface area contributed by atoms with Crippen LogP contribution in [0.3, 0.4) is 0 Å². The van der Waals surface area contributed by atoms with Crippen LogP contribution in [-0.4, -0.2) is 24.3 Å². The number of carbonyl (C=O) groups excluding carboxylic acids is 2. The van der Waals surface area contributed by atoms with Gasteiger partial charge in [0.15, 0.2) is 0 Å². The summed E-state index contributed by atoms with van der Waals surface area (Å²) >= 11 is 0. The van der Waals surface area contributed by atoms with Crippen molar-refractivity contribution in [2.45, 2.75) is 51.5 Å². The van der Waals surface area contributed by atoms with Gasteiger partial charge in [0.25, 0.3) is 0 Å². The number of nitrogens with one attached hydrogen (secondary N) is 1. The van der Waals surface area contributed by atoms with Gasteiger partial charge in [-0.2, -0.15) is 0 Å². The highest BCUT2D eigenvalue weighted by Gasteiger charge is 2.39. The second kappa shape index (κ2) is 8.43. The maximum Gasteiger partial charge on any atom is 0.341 e. The molecular weight excluding hydrogens is 335 g/mol. The van der Waals surface area contributed by atoms with Gasteiger partial charge in [-0.3, -0.25) is 4.79 Å². The van der Waals surface area contributed by atoms with Gasteiger partial charge in [0.2, 0.25) is 0 Å². The zero-order valence-electron chi connectivity index (χ0n) is 15.0. The van der Waals surface area contributed by atoms with Crippen molar-refractivity contribution in [2.75, 3.05) is 6.61 Å². The number of hydrogen-bond acceptors (Lipinski definition) is 3. The normalized spacial score (nSPS) is 23.9. The molecule has 1 heterocycles. The van der Waals surface area contributed by atoms with Crippen LogP contribution in [0.5, 0.6) is 0 Å². The highest BCUT2D eigenvalue weighted by molar-refractivity contribution is 6.09. The standard InChI is InChI=1S/C20H25FN2O3/c1-2-16-17(19(24)26-12-13-6-4-3-5-7-13)18(23-20(25)22-16)14-8-10-15(21)11-9-14/h8-11,13,17-18H,2-7,12H2,1H3,(H,23,25). The highest BCUT2D eigenvalue weighted by Crippen LogP contribution is 2.30. The predicted octanol–water partition coefficient (Wildman–Crippen LogP) is 4.18. The van der Waals surface area contributed by atoms with Crippen LogP contribution in [0.15, 0.2) is 29.3 Å². The molecule has 2 atom stereocenters. The average molecular weight is 360 g/mol. The van der Waals surface area contributed by atoms with E-state index in [9.17, 15) is 14.0 Å². The summed E-state index contributed by atoms with van der Waals surface area (Å²) in [6.07, 6.45) is 6.27. The van der Waals surface area contributed by atoms with Crippen LogP contribution in [0.1, 0.15) is 57.1 Å². The quantitative estimate of drug-likeness (QED) is 0.801. The lowest BCUT2D eigenvalue weighted by atomic mass is 9.86. The lowest BCUT2D eigenvalue weighted by molar-refractivity contribution is -0.148. The molecule has 26 heavy (non-hydrogen) atoms.